The minimum atomic E-state index is 0.0686. The van der Waals surface area contributed by atoms with Crippen LogP contribution < -0.4 is 0 Å². The molecule has 0 radical (unpaired) electrons. The highest BCUT2D eigenvalue weighted by atomic mass is 35.5. The molecule has 4 nitrogen and oxygen atoms in total. The predicted molar refractivity (Wildman–Crippen MR) is 95.2 cm³/mol. The lowest BCUT2D eigenvalue weighted by atomic mass is 9.92. The van der Waals surface area contributed by atoms with E-state index in [4.69, 9.17) is 11.6 Å². The molecule has 0 spiro atoms. The first-order chi connectivity index (χ1) is 11.5. The maximum Gasteiger partial charge on any atom is 0.253 e. The first-order valence-corrected chi connectivity index (χ1v) is 9.25. The Labute approximate surface area is 148 Å². The van der Waals surface area contributed by atoms with Crippen molar-refractivity contribution < 1.29 is 9.59 Å². The van der Waals surface area contributed by atoms with Crippen LogP contribution in [0.25, 0.3) is 0 Å². The molecule has 2 aliphatic heterocycles. The smallest absolute Gasteiger partial charge is 0.253 e. The van der Waals surface area contributed by atoms with Gasteiger partial charge in [-0.05, 0) is 62.3 Å². The van der Waals surface area contributed by atoms with Crippen molar-refractivity contribution in [2.45, 2.75) is 39.0 Å². The molecule has 3 rings (SSSR count). The van der Waals surface area contributed by atoms with Crippen molar-refractivity contribution in [1.82, 2.24) is 9.80 Å². The fraction of sp³-hybridized carbons (Fsp3) is 0.579. The summed E-state index contributed by atoms with van der Waals surface area (Å²) in [7, 11) is 0. The van der Waals surface area contributed by atoms with Gasteiger partial charge in [0, 0.05) is 43.2 Å². The Bertz CT molecular complexity index is 618. The van der Waals surface area contributed by atoms with Gasteiger partial charge in [0.15, 0.2) is 0 Å². The molecule has 0 bridgehead atoms. The van der Waals surface area contributed by atoms with Crippen molar-refractivity contribution in [2.75, 3.05) is 26.2 Å². The third-order valence-electron chi connectivity index (χ3n) is 5.23. The van der Waals surface area contributed by atoms with Gasteiger partial charge in [0.25, 0.3) is 5.91 Å². The number of carbonyl (C=O) groups is 2. The Kier molecular flexibility index (Phi) is 5.44. The van der Waals surface area contributed by atoms with Gasteiger partial charge in [-0.25, -0.2) is 0 Å². The number of benzene rings is 1. The number of hydrogen-bond acceptors (Lipinski definition) is 2. The van der Waals surface area contributed by atoms with Gasteiger partial charge in [-0.1, -0.05) is 11.6 Å². The summed E-state index contributed by atoms with van der Waals surface area (Å²) in [5, 5.41) is 0.686. The third-order valence-corrected chi connectivity index (χ3v) is 5.65. The largest absolute Gasteiger partial charge is 0.343 e. The molecule has 24 heavy (non-hydrogen) atoms. The molecule has 1 aromatic carbocycles. The molecule has 0 unspecified atom stereocenters. The number of likely N-dealkylation sites (tertiary alicyclic amines) is 2. The zero-order chi connectivity index (χ0) is 17.1. The Morgan fingerprint density at radius 2 is 1.75 bits per heavy atom. The van der Waals surface area contributed by atoms with Gasteiger partial charge in [-0.15, -0.1) is 0 Å². The van der Waals surface area contributed by atoms with Crippen LogP contribution in [0.5, 0.6) is 0 Å². The summed E-state index contributed by atoms with van der Waals surface area (Å²) in [6.07, 6.45) is 4.75. The maximum atomic E-state index is 12.6. The highest BCUT2D eigenvalue weighted by molar-refractivity contribution is 6.31. The summed E-state index contributed by atoms with van der Waals surface area (Å²) in [6, 6.07) is 5.43. The van der Waals surface area contributed by atoms with Crippen LogP contribution >= 0.6 is 11.6 Å². The Hall–Kier alpha value is -1.55. The van der Waals surface area contributed by atoms with E-state index in [0.717, 1.165) is 57.4 Å². The number of nitrogens with zero attached hydrogens (tertiary/aromatic N) is 2. The van der Waals surface area contributed by atoms with Crippen molar-refractivity contribution in [2.24, 2.45) is 5.92 Å². The zero-order valence-corrected chi connectivity index (χ0v) is 15.0. The highest BCUT2D eigenvalue weighted by Gasteiger charge is 2.27. The third kappa shape index (κ3) is 3.92. The van der Waals surface area contributed by atoms with E-state index in [1.54, 1.807) is 12.1 Å². The average Bonchev–Trinajstić information content (AvgIpc) is 3.12. The second-order valence-corrected chi connectivity index (χ2v) is 7.40. The molecule has 0 aliphatic carbocycles. The topological polar surface area (TPSA) is 40.6 Å². The number of aryl methyl sites for hydroxylation is 1. The van der Waals surface area contributed by atoms with Gasteiger partial charge in [-0.2, -0.15) is 0 Å². The Morgan fingerprint density at radius 1 is 1.08 bits per heavy atom. The molecular formula is C19H25ClN2O2. The molecule has 0 atom stereocenters. The molecule has 0 aromatic heterocycles. The highest BCUT2D eigenvalue weighted by Crippen LogP contribution is 2.24. The Morgan fingerprint density at radius 3 is 2.38 bits per heavy atom. The summed E-state index contributed by atoms with van der Waals surface area (Å²) in [6.45, 7) is 5.23. The zero-order valence-electron chi connectivity index (χ0n) is 14.3. The number of rotatable bonds is 3. The van der Waals surface area contributed by atoms with Crippen molar-refractivity contribution in [3.8, 4) is 0 Å². The second-order valence-electron chi connectivity index (χ2n) is 6.99. The van der Waals surface area contributed by atoms with Crippen LogP contribution in [0, 0.1) is 12.8 Å². The molecule has 130 valence electrons. The minimum Gasteiger partial charge on any atom is -0.343 e. The van der Waals surface area contributed by atoms with Crippen molar-refractivity contribution in [3.63, 3.8) is 0 Å². The van der Waals surface area contributed by atoms with Crippen LogP contribution in [0.1, 0.15) is 48.0 Å². The van der Waals surface area contributed by atoms with Gasteiger partial charge >= 0.3 is 0 Å². The van der Waals surface area contributed by atoms with E-state index >= 15 is 0 Å². The SMILES string of the molecule is Cc1cc(C(=O)N2CCC(CC(=O)N3CCCC3)CC2)ccc1Cl. The first kappa shape index (κ1) is 17.3. The van der Waals surface area contributed by atoms with E-state index in [-0.39, 0.29) is 5.91 Å². The number of amides is 2. The van der Waals surface area contributed by atoms with Crippen LogP contribution in [0.15, 0.2) is 18.2 Å². The predicted octanol–water partition coefficient (Wildman–Crippen LogP) is 3.51. The van der Waals surface area contributed by atoms with Gasteiger partial charge in [0.05, 0.1) is 0 Å². The molecule has 2 heterocycles. The Balaban J connectivity index is 1.51. The number of hydrogen-bond donors (Lipinski definition) is 0. The molecule has 2 amide bonds. The summed E-state index contributed by atoms with van der Waals surface area (Å²) in [5.41, 5.74) is 1.62. The van der Waals surface area contributed by atoms with Gasteiger partial charge in [0.2, 0.25) is 5.91 Å². The van der Waals surface area contributed by atoms with Gasteiger partial charge in [-0.3, -0.25) is 9.59 Å². The molecular weight excluding hydrogens is 324 g/mol. The molecule has 5 heteroatoms. The van der Waals surface area contributed by atoms with Crippen LogP contribution in [0.2, 0.25) is 5.02 Å². The van der Waals surface area contributed by atoms with Crippen LogP contribution in [0.4, 0.5) is 0 Å². The standard InChI is InChI=1S/C19H25ClN2O2/c1-14-12-16(4-5-17(14)20)19(24)22-10-6-15(7-11-22)13-18(23)21-8-2-3-9-21/h4-5,12,15H,2-3,6-11,13H2,1H3. The maximum absolute atomic E-state index is 12.6. The normalized spacial score (nSPS) is 18.9. The average molecular weight is 349 g/mol. The minimum absolute atomic E-state index is 0.0686. The number of carbonyl (C=O) groups excluding carboxylic acids is 2. The van der Waals surface area contributed by atoms with E-state index < -0.39 is 0 Å². The lowest BCUT2D eigenvalue weighted by Crippen LogP contribution is -2.40. The fourth-order valence-electron chi connectivity index (χ4n) is 3.64. The van der Waals surface area contributed by atoms with E-state index in [2.05, 4.69) is 0 Å². The molecule has 2 fully saturated rings. The van der Waals surface area contributed by atoms with Crippen LogP contribution in [-0.2, 0) is 4.79 Å². The van der Waals surface area contributed by atoms with Crippen LogP contribution in [0.3, 0.4) is 0 Å². The lowest BCUT2D eigenvalue weighted by Gasteiger charge is -2.32. The molecule has 1 aromatic rings. The molecule has 0 saturated carbocycles. The van der Waals surface area contributed by atoms with Gasteiger partial charge in [0.1, 0.15) is 0 Å². The van der Waals surface area contributed by atoms with Crippen molar-refractivity contribution in [3.05, 3.63) is 34.3 Å². The summed E-state index contributed by atoms with van der Waals surface area (Å²) in [4.78, 5) is 28.8. The quantitative estimate of drug-likeness (QED) is 0.838. The first-order valence-electron chi connectivity index (χ1n) is 8.88. The van der Waals surface area contributed by atoms with Crippen molar-refractivity contribution in [1.29, 1.82) is 0 Å². The number of piperidine rings is 1. The fourth-order valence-corrected chi connectivity index (χ4v) is 3.76. The van der Waals surface area contributed by atoms with E-state index in [1.807, 2.05) is 22.8 Å². The molecule has 0 N–H and O–H groups in total. The number of halogens is 1. The summed E-state index contributed by atoms with van der Waals surface area (Å²) in [5.74, 6) is 0.777. The summed E-state index contributed by atoms with van der Waals surface area (Å²) < 4.78 is 0. The lowest BCUT2D eigenvalue weighted by molar-refractivity contribution is -0.131. The van der Waals surface area contributed by atoms with E-state index in [0.29, 0.717) is 28.8 Å². The van der Waals surface area contributed by atoms with Crippen LogP contribution in [-0.4, -0.2) is 47.8 Å². The second kappa shape index (κ2) is 7.56. The van der Waals surface area contributed by atoms with E-state index in [9.17, 15) is 9.59 Å². The van der Waals surface area contributed by atoms with Gasteiger partial charge < -0.3 is 9.80 Å². The summed E-state index contributed by atoms with van der Waals surface area (Å²) >= 11 is 6.03. The molecule has 2 saturated heterocycles. The monoisotopic (exact) mass is 348 g/mol. The van der Waals surface area contributed by atoms with E-state index in [1.165, 1.54) is 0 Å². The van der Waals surface area contributed by atoms with Crippen molar-refractivity contribution >= 4 is 23.4 Å². The molecule has 2 aliphatic rings.